The van der Waals surface area contributed by atoms with Crippen LogP contribution in [0.3, 0.4) is 0 Å². The second-order valence-corrected chi connectivity index (χ2v) is 7.69. The fourth-order valence-electron chi connectivity index (χ4n) is 2.84. The lowest BCUT2D eigenvalue weighted by Crippen LogP contribution is -2.27. The Morgan fingerprint density at radius 2 is 1.69 bits per heavy atom. The molecule has 0 saturated carbocycles. The van der Waals surface area contributed by atoms with E-state index < -0.39 is 10.0 Å². The lowest BCUT2D eigenvalue weighted by atomic mass is 10.1. The molecule has 1 fully saturated rings. The molecular weight excluding hydrogens is 374 g/mol. The summed E-state index contributed by atoms with van der Waals surface area (Å²) >= 11 is 0. The first kappa shape index (κ1) is 20.2. The quantitative estimate of drug-likeness (QED) is 0.701. The number of sulfonamides is 1. The molecule has 2 aromatic carbocycles. The standard InChI is InChI=1S/C18H21N3O3S.ClH/c22-18(13-14-7-6-12-19-14)20-16-10-4-5-11-17(16)21-25(23,24)15-8-2-1-3-9-15;/h1-5,8-11,14,19,21H,6-7,12-13H2,(H,20,22);1H. The van der Waals surface area contributed by atoms with Crippen LogP contribution in [0, 0.1) is 0 Å². The summed E-state index contributed by atoms with van der Waals surface area (Å²) in [7, 11) is -3.71. The molecule has 0 bridgehead atoms. The number of hydrogen-bond acceptors (Lipinski definition) is 4. The van der Waals surface area contributed by atoms with E-state index in [-0.39, 0.29) is 29.3 Å². The van der Waals surface area contributed by atoms with E-state index in [1.54, 1.807) is 42.5 Å². The van der Waals surface area contributed by atoms with Crippen molar-refractivity contribution in [2.75, 3.05) is 16.6 Å². The molecule has 2 aromatic rings. The van der Waals surface area contributed by atoms with Crippen LogP contribution in [0.25, 0.3) is 0 Å². The molecule has 3 N–H and O–H groups in total. The van der Waals surface area contributed by atoms with Gasteiger partial charge in [0, 0.05) is 12.5 Å². The van der Waals surface area contributed by atoms with Gasteiger partial charge in [0.15, 0.2) is 0 Å². The van der Waals surface area contributed by atoms with Gasteiger partial charge in [-0.2, -0.15) is 0 Å². The molecule has 26 heavy (non-hydrogen) atoms. The Balaban J connectivity index is 0.00000243. The molecule has 1 saturated heterocycles. The minimum absolute atomic E-state index is 0. The first-order valence-electron chi connectivity index (χ1n) is 8.25. The van der Waals surface area contributed by atoms with Crippen LogP contribution < -0.4 is 15.4 Å². The van der Waals surface area contributed by atoms with Crippen molar-refractivity contribution in [1.82, 2.24) is 5.32 Å². The van der Waals surface area contributed by atoms with E-state index in [0.717, 1.165) is 19.4 Å². The van der Waals surface area contributed by atoms with E-state index in [9.17, 15) is 13.2 Å². The molecule has 1 aliphatic rings. The third kappa shape index (κ3) is 5.20. The maximum absolute atomic E-state index is 12.5. The highest BCUT2D eigenvalue weighted by molar-refractivity contribution is 7.92. The molecule has 3 rings (SSSR count). The number of hydrogen-bond donors (Lipinski definition) is 3. The Bertz CT molecular complexity index is 838. The van der Waals surface area contributed by atoms with E-state index in [0.29, 0.717) is 17.8 Å². The van der Waals surface area contributed by atoms with Gasteiger partial charge in [-0.25, -0.2) is 8.42 Å². The van der Waals surface area contributed by atoms with Gasteiger partial charge in [0.05, 0.1) is 16.3 Å². The van der Waals surface area contributed by atoms with Gasteiger partial charge in [-0.15, -0.1) is 12.4 Å². The average molecular weight is 396 g/mol. The second-order valence-electron chi connectivity index (χ2n) is 6.01. The van der Waals surface area contributed by atoms with Crippen molar-refractivity contribution >= 4 is 39.7 Å². The molecule has 1 amide bonds. The van der Waals surface area contributed by atoms with Crippen molar-refractivity contribution in [3.05, 3.63) is 54.6 Å². The number of rotatable bonds is 6. The first-order valence-corrected chi connectivity index (χ1v) is 9.73. The maximum Gasteiger partial charge on any atom is 0.261 e. The Labute approximate surface area is 159 Å². The minimum atomic E-state index is -3.71. The van der Waals surface area contributed by atoms with Crippen LogP contribution in [0.1, 0.15) is 19.3 Å². The summed E-state index contributed by atoms with van der Waals surface area (Å²) in [4.78, 5) is 12.4. The average Bonchev–Trinajstić information content (AvgIpc) is 3.10. The number of halogens is 1. The van der Waals surface area contributed by atoms with Crippen molar-refractivity contribution in [2.45, 2.75) is 30.2 Å². The molecule has 1 aliphatic heterocycles. The number of amides is 1. The van der Waals surface area contributed by atoms with E-state index in [2.05, 4.69) is 15.4 Å². The molecule has 0 radical (unpaired) electrons. The Morgan fingerprint density at radius 1 is 1.04 bits per heavy atom. The summed E-state index contributed by atoms with van der Waals surface area (Å²) in [6.45, 7) is 0.936. The van der Waals surface area contributed by atoms with Gasteiger partial charge in [0.2, 0.25) is 5.91 Å². The summed E-state index contributed by atoms with van der Waals surface area (Å²) in [5.74, 6) is -0.134. The fraction of sp³-hybridized carbons (Fsp3) is 0.278. The van der Waals surface area contributed by atoms with Crippen LogP contribution in [0.4, 0.5) is 11.4 Å². The maximum atomic E-state index is 12.5. The van der Waals surface area contributed by atoms with Gasteiger partial charge in [-0.3, -0.25) is 9.52 Å². The van der Waals surface area contributed by atoms with Crippen molar-refractivity contribution < 1.29 is 13.2 Å². The van der Waals surface area contributed by atoms with Crippen molar-refractivity contribution in [2.24, 2.45) is 0 Å². The number of nitrogens with one attached hydrogen (secondary N) is 3. The number of para-hydroxylation sites is 2. The third-order valence-electron chi connectivity index (χ3n) is 4.09. The van der Waals surface area contributed by atoms with Gasteiger partial charge in [0.1, 0.15) is 0 Å². The minimum Gasteiger partial charge on any atom is -0.324 e. The smallest absolute Gasteiger partial charge is 0.261 e. The molecular formula is C18H22ClN3O3S. The normalized spacial score (nSPS) is 16.5. The first-order chi connectivity index (χ1) is 12.0. The van der Waals surface area contributed by atoms with Crippen LogP contribution in [0.5, 0.6) is 0 Å². The zero-order chi connectivity index (χ0) is 17.7. The topological polar surface area (TPSA) is 87.3 Å². The van der Waals surface area contributed by atoms with Crippen molar-refractivity contribution in [1.29, 1.82) is 0 Å². The monoisotopic (exact) mass is 395 g/mol. The number of benzene rings is 2. The van der Waals surface area contributed by atoms with Crippen LogP contribution >= 0.6 is 12.4 Å². The predicted molar refractivity (Wildman–Crippen MR) is 105 cm³/mol. The molecule has 0 aromatic heterocycles. The second kappa shape index (κ2) is 9.02. The highest BCUT2D eigenvalue weighted by Crippen LogP contribution is 2.25. The van der Waals surface area contributed by atoms with E-state index in [1.807, 2.05) is 0 Å². The van der Waals surface area contributed by atoms with E-state index in [1.165, 1.54) is 12.1 Å². The predicted octanol–water partition coefficient (Wildman–Crippen LogP) is 2.99. The molecule has 1 heterocycles. The van der Waals surface area contributed by atoms with Crippen molar-refractivity contribution in [3.63, 3.8) is 0 Å². The molecule has 1 unspecified atom stereocenters. The summed E-state index contributed by atoms with van der Waals surface area (Å²) in [5.41, 5.74) is 0.795. The van der Waals surface area contributed by atoms with Gasteiger partial charge in [0.25, 0.3) is 10.0 Å². The molecule has 1 atom stereocenters. The SMILES string of the molecule is Cl.O=C(CC1CCCN1)Nc1ccccc1NS(=O)(=O)c1ccccc1. The molecule has 0 spiro atoms. The zero-order valence-corrected chi connectivity index (χ0v) is 15.8. The van der Waals surface area contributed by atoms with Crippen LogP contribution in [0.2, 0.25) is 0 Å². The van der Waals surface area contributed by atoms with Gasteiger partial charge >= 0.3 is 0 Å². The highest BCUT2D eigenvalue weighted by Gasteiger charge is 2.19. The van der Waals surface area contributed by atoms with Gasteiger partial charge < -0.3 is 10.6 Å². The zero-order valence-electron chi connectivity index (χ0n) is 14.1. The summed E-state index contributed by atoms with van der Waals surface area (Å²) in [6.07, 6.45) is 2.43. The van der Waals surface area contributed by atoms with Crippen LogP contribution in [0.15, 0.2) is 59.5 Å². The number of carbonyl (C=O) groups is 1. The lowest BCUT2D eigenvalue weighted by molar-refractivity contribution is -0.116. The number of anilines is 2. The summed E-state index contributed by atoms with van der Waals surface area (Å²) in [5, 5.41) is 6.08. The van der Waals surface area contributed by atoms with Crippen molar-refractivity contribution in [3.8, 4) is 0 Å². The molecule has 140 valence electrons. The lowest BCUT2D eigenvalue weighted by Gasteiger charge is -2.15. The molecule has 8 heteroatoms. The Morgan fingerprint density at radius 3 is 2.35 bits per heavy atom. The Kier molecular flexibility index (Phi) is 7.02. The van der Waals surface area contributed by atoms with Crippen LogP contribution in [-0.4, -0.2) is 26.9 Å². The third-order valence-corrected chi connectivity index (χ3v) is 5.47. The fourth-order valence-corrected chi connectivity index (χ4v) is 3.94. The van der Waals surface area contributed by atoms with Gasteiger partial charge in [-0.1, -0.05) is 30.3 Å². The van der Waals surface area contributed by atoms with E-state index in [4.69, 9.17) is 0 Å². The van der Waals surface area contributed by atoms with Gasteiger partial charge in [-0.05, 0) is 43.7 Å². The summed E-state index contributed by atoms with van der Waals surface area (Å²) in [6, 6.07) is 15.1. The van der Waals surface area contributed by atoms with E-state index >= 15 is 0 Å². The summed E-state index contributed by atoms with van der Waals surface area (Å²) < 4.78 is 27.5. The van der Waals surface area contributed by atoms with Crippen LogP contribution in [-0.2, 0) is 14.8 Å². The number of carbonyl (C=O) groups excluding carboxylic acids is 1. The Hall–Kier alpha value is -2.09. The largest absolute Gasteiger partial charge is 0.324 e. The molecule has 6 nitrogen and oxygen atoms in total. The molecule has 0 aliphatic carbocycles. The highest BCUT2D eigenvalue weighted by atomic mass is 35.5.